The van der Waals surface area contributed by atoms with Crippen LogP contribution in [0.5, 0.6) is 0 Å². The van der Waals surface area contributed by atoms with Crippen molar-refractivity contribution in [2.75, 3.05) is 6.54 Å². The predicted octanol–water partition coefficient (Wildman–Crippen LogP) is 7.22. The van der Waals surface area contributed by atoms with Crippen molar-refractivity contribution in [3.63, 3.8) is 0 Å². The fourth-order valence-corrected chi connectivity index (χ4v) is 3.57. The van der Waals surface area contributed by atoms with Gasteiger partial charge in [0, 0.05) is 6.54 Å². The maximum Gasteiger partial charge on any atom is 0.224 e. The van der Waals surface area contributed by atoms with Gasteiger partial charge in [-0.1, -0.05) is 127 Å². The average Bonchev–Trinajstić information content (AvgIpc) is 2.68. The molecule has 0 aromatic heterocycles. The van der Waals surface area contributed by atoms with Gasteiger partial charge in [-0.15, -0.1) is 0 Å². The first-order chi connectivity index (χ1) is 13.3. The lowest BCUT2D eigenvalue weighted by Gasteiger charge is -2.06. The molecule has 0 radical (unpaired) electrons. The summed E-state index contributed by atoms with van der Waals surface area (Å²) in [5.41, 5.74) is 1.09. The molecule has 1 aromatic rings. The molecule has 154 valence electrons. The van der Waals surface area contributed by atoms with E-state index in [9.17, 15) is 4.79 Å². The van der Waals surface area contributed by atoms with Crippen molar-refractivity contribution in [2.24, 2.45) is 0 Å². The quantitative estimate of drug-likeness (QED) is 0.270. The van der Waals surface area contributed by atoms with E-state index in [1.165, 1.54) is 89.9 Å². The fraction of sp³-hybridized carbons (Fsp3) is 0.720. The number of carbonyl (C=O) groups is 1. The van der Waals surface area contributed by atoms with Crippen molar-refractivity contribution in [2.45, 2.75) is 110 Å². The van der Waals surface area contributed by atoms with Gasteiger partial charge in [0.25, 0.3) is 0 Å². The second kappa shape index (κ2) is 18.1. The molecule has 0 unspecified atom stereocenters. The molecule has 0 saturated carbocycles. The molecule has 0 aliphatic carbocycles. The Morgan fingerprint density at radius 2 is 1.11 bits per heavy atom. The van der Waals surface area contributed by atoms with Crippen LogP contribution in [-0.4, -0.2) is 12.5 Å². The first kappa shape index (κ1) is 23.7. The molecular weight excluding hydrogens is 330 g/mol. The molecule has 0 saturated heterocycles. The first-order valence-electron chi connectivity index (χ1n) is 11.6. The minimum absolute atomic E-state index is 0.145. The van der Waals surface area contributed by atoms with Crippen molar-refractivity contribution in [1.82, 2.24) is 5.32 Å². The Kier molecular flexibility index (Phi) is 15.9. The monoisotopic (exact) mass is 373 g/mol. The third-order valence-electron chi connectivity index (χ3n) is 5.31. The van der Waals surface area contributed by atoms with Crippen LogP contribution in [0.3, 0.4) is 0 Å². The lowest BCUT2D eigenvalue weighted by molar-refractivity contribution is -0.120. The van der Waals surface area contributed by atoms with E-state index in [1.54, 1.807) is 0 Å². The molecule has 0 atom stereocenters. The standard InChI is InChI=1S/C25H43NO/c1-2-3-4-5-6-7-8-9-10-11-12-13-14-15-19-22-26-25(27)23-24-20-17-16-18-21-24/h16-18,20-21H,2-15,19,22-23H2,1H3,(H,26,27). The average molecular weight is 374 g/mol. The van der Waals surface area contributed by atoms with Gasteiger partial charge in [-0.2, -0.15) is 0 Å². The number of unbranched alkanes of at least 4 members (excludes halogenated alkanes) is 14. The van der Waals surface area contributed by atoms with E-state index in [0.717, 1.165) is 18.5 Å². The highest BCUT2D eigenvalue weighted by atomic mass is 16.1. The van der Waals surface area contributed by atoms with E-state index in [0.29, 0.717) is 6.42 Å². The molecule has 1 amide bonds. The Balaban J connectivity index is 1.76. The molecule has 0 bridgehead atoms. The smallest absolute Gasteiger partial charge is 0.224 e. The van der Waals surface area contributed by atoms with Crippen LogP contribution in [0.4, 0.5) is 0 Å². The Bertz CT molecular complexity index is 443. The maximum absolute atomic E-state index is 11.8. The highest BCUT2D eigenvalue weighted by molar-refractivity contribution is 5.78. The van der Waals surface area contributed by atoms with Crippen LogP contribution in [0, 0.1) is 0 Å². The van der Waals surface area contributed by atoms with Gasteiger partial charge in [-0.05, 0) is 12.0 Å². The third kappa shape index (κ3) is 15.4. The van der Waals surface area contributed by atoms with Crippen LogP contribution in [0.1, 0.15) is 109 Å². The van der Waals surface area contributed by atoms with E-state index < -0.39 is 0 Å². The lowest BCUT2D eigenvalue weighted by atomic mass is 10.0. The van der Waals surface area contributed by atoms with Crippen molar-refractivity contribution < 1.29 is 4.79 Å². The van der Waals surface area contributed by atoms with Crippen molar-refractivity contribution >= 4 is 5.91 Å². The SMILES string of the molecule is CCCCCCCCCCCCCCCCCNC(=O)Cc1ccccc1. The second-order valence-corrected chi connectivity index (χ2v) is 7.96. The van der Waals surface area contributed by atoms with E-state index >= 15 is 0 Å². The maximum atomic E-state index is 11.8. The van der Waals surface area contributed by atoms with E-state index in [2.05, 4.69) is 12.2 Å². The highest BCUT2D eigenvalue weighted by Crippen LogP contribution is 2.13. The van der Waals surface area contributed by atoms with Crippen molar-refractivity contribution in [3.05, 3.63) is 35.9 Å². The summed E-state index contributed by atoms with van der Waals surface area (Å²) in [6.07, 6.45) is 21.1. The lowest BCUT2D eigenvalue weighted by Crippen LogP contribution is -2.26. The normalized spacial score (nSPS) is 10.9. The summed E-state index contributed by atoms with van der Waals surface area (Å²) in [7, 11) is 0. The highest BCUT2D eigenvalue weighted by Gasteiger charge is 2.01. The summed E-state index contributed by atoms with van der Waals surface area (Å²) in [4.78, 5) is 11.8. The molecule has 0 aliphatic rings. The molecule has 0 aliphatic heterocycles. The molecule has 2 heteroatoms. The number of carbonyl (C=O) groups excluding carboxylic acids is 1. The number of nitrogens with one attached hydrogen (secondary N) is 1. The summed E-state index contributed by atoms with van der Waals surface area (Å²) in [5, 5.41) is 3.04. The fourth-order valence-electron chi connectivity index (χ4n) is 3.57. The van der Waals surface area contributed by atoms with Crippen molar-refractivity contribution in [1.29, 1.82) is 0 Å². The van der Waals surface area contributed by atoms with Gasteiger partial charge in [0.2, 0.25) is 5.91 Å². The van der Waals surface area contributed by atoms with Gasteiger partial charge in [-0.25, -0.2) is 0 Å². The van der Waals surface area contributed by atoms with Gasteiger partial charge in [0.1, 0.15) is 0 Å². The molecule has 0 spiro atoms. The zero-order chi connectivity index (χ0) is 19.4. The Morgan fingerprint density at radius 1 is 0.667 bits per heavy atom. The summed E-state index contributed by atoms with van der Waals surface area (Å²) in [6, 6.07) is 9.96. The summed E-state index contributed by atoms with van der Waals surface area (Å²) < 4.78 is 0. The Hall–Kier alpha value is -1.31. The van der Waals surface area contributed by atoms with E-state index in [4.69, 9.17) is 0 Å². The molecule has 1 N–H and O–H groups in total. The minimum atomic E-state index is 0.145. The van der Waals surface area contributed by atoms with E-state index in [1.807, 2.05) is 30.3 Å². The van der Waals surface area contributed by atoms with Crippen LogP contribution in [0.2, 0.25) is 0 Å². The molecule has 2 nitrogen and oxygen atoms in total. The Labute approximate surface area is 168 Å². The topological polar surface area (TPSA) is 29.1 Å². The number of hydrogen-bond donors (Lipinski definition) is 1. The number of amides is 1. The number of rotatable bonds is 18. The number of benzene rings is 1. The number of hydrogen-bond acceptors (Lipinski definition) is 1. The van der Waals surface area contributed by atoms with Gasteiger partial charge < -0.3 is 5.32 Å². The Morgan fingerprint density at radius 3 is 1.59 bits per heavy atom. The summed E-state index contributed by atoms with van der Waals surface area (Å²) in [6.45, 7) is 3.11. The first-order valence-corrected chi connectivity index (χ1v) is 11.6. The molecule has 0 heterocycles. The van der Waals surface area contributed by atoms with Crippen molar-refractivity contribution in [3.8, 4) is 0 Å². The van der Waals surface area contributed by atoms with Gasteiger partial charge in [0.05, 0.1) is 6.42 Å². The largest absolute Gasteiger partial charge is 0.356 e. The van der Waals surface area contributed by atoms with Crippen LogP contribution in [0.15, 0.2) is 30.3 Å². The van der Waals surface area contributed by atoms with E-state index in [-0.39, 0.29) is 5.91 Å². The second-order valence-electron chi connectivity index (χ2n) is 7.96. The molecular formula is C25H43NO. The molecule has 27 heavy (non-hydrogen) atoms. The van der Waals surface area contributed by atoms with Crippen LogP contribution in [-0.2, 0) is 11.2 Å². The molecule has 1 aromatic carbocycles. The van der Waals surface area contributed by atoms with Gasteiger partial charge in [0.15, 0.2) is 0 Å². The predicted molar refractivity (Wildman–Crippen MR) is 118 cm³/mol. The summed E-state index contributed by atoms with van der Waals surface area (Å²) >= 11 is 0. The van der Waals surface area contributed by atoms with Crippen LogP contribution >= 0.6 is 0 Å². The minimum Gasteiger partial charge on any atom is -0.356 e. The zero-order valence-electron chi connectivity index (χ0n) is 17.8. The zero-order valence-corrected chi connectivity index (χ0v) is 17.8. The van der Waals surface area contributed by atoms with Crippen LogP contribution < -0.4 is 5.32 Å². The molecule has 0 fully saturated rings. The van der Waals surface area contributed by atoms with Gasteiger partial charge in [-0.3, -0.25) is 4.79 Å². The third-order valence-corrected chi connectivity index (χ3v) is 5.31. The van der Waals surface area contributed by atoms with Crippen LogP contribution in [0.25, 0.3) is 0 Å². The van der Waals surface area contributed by atoms with Gasteiger partial charge >= 0.3 is 0 Å². The summed E-state index contributed by atoms with van der Waals surface area (Å²) in [5.74, 6) is 0.145. The molecule has 1 rings (SSSR count).